The minimum absolute atomic E-state index is 0.0617. The van der Waals surface area contributed by atoms with E-state index in [4.69, 9.17) is 22.1 Å². The number of carbonyl (C=O) groups excluding carboxylic acids is 3. The number of hydrogen-bond donors (Lipinski definition) is 4. The molecule has 4 rings (SSSR count). The predicted molar refractivity (Wildman–Crippen MR) is 190 cm³/mol. The highest BCUT2D eigenvalue weighted by Gasteiger charge is 2.36. The lowest BCUT2D eigenvalue weighted by Gasteiger charge is -2.38. The number of nitrogens with two attached hydrogens (primary N) is 1. The summed E-state index contributed by atoms with van der Waals surface area (Å²) >= 11 is 5.97. The van der Waals surface area contributed by atoms with Gasteiger partial charge >= 0.3 is 0 Å². The fraction of sp³-hybridized carbons (Fsp3) is 0.400. The number of nitrogens with one attached hydrogen (secondary N) is 2. The first-order valence-corrected chi connectivity index (χ1v) is 18.0. The number of aliphatic hydroxyl groups excluding tert-OH is 1. The molecule has 0 saturated heterocycles. The highest BCUT2D eigenvalue weighted by molar-refractivity contribution is 7.89. The van der Waals surface area contributed by atoms with E-state index in [1.165, 1.54) is 35.6 Å². The van der Waals surface area contributed by atoms with Crippen molar-refractivity contribution in [1.82, 2.24) is 9.21 Å². The summed E-state index contributed by atoms with van der Waals surface area (Å²) in [6.07, 6.45) is 1.45. The Kier molecular flexibility index (Phi) is 13.0. The average molecular weight is 714 g/mol. The van der Waals surface area contributed by atoms with Crippen molar-refractivity contribution >= 4 is 56.4 Å². The van der Waals surface area contributed by atoms with Gasteiger partial charge in [0.2, 0.25) is 21.8 Å². The summed E-state index contributed by atoms with van der Waals surface area (Å²) in [4.78, 5) is 40.8. The van der Waals surface area contributed by atoms with Crippen LogP contribution < -0.4 is 21.1 Å². The normalized spacial score (nSPS) is 17.0. The van der Waals surface area contributed by atoms with Gasteiger partial charge in [-0.2, -0.15) is 4.31 Å². The SMILES string of the molecule is C[C@@H]1CN([C@H](C)CO)C(=O)c2cccc(NC(=O)CCCCCC(=O)Nc3ccccc3N)c2O[C@@H]1CN(C)S(=O)(=O)c1ccc(Cl)cc1. The third kappa shape index (κ3) is 9.72. The number of fused-ring (bicyclic) bond motifs is 1. The summed E-state index contributed by atoms with van der Waals surface area (Å²) < 4.78 is 34.5. The summed E-state index contributed by atoms with van der Waals surface area (Å²) in [5, 5.41) is 16.0. The molecule has 3 amide bonds. The van der Waals surface area contributed by atoms with Crippen LogP contribution in [-0.2, 0) is 19.6 Å². The molecular weight excluding hydrogens is 670 g/mol. The number of halogens is 1. The number of benzene rings is 3. The van der Waals surface area contributed by atoms with Crippen LogP contribution in [0.3, 0.4) is 0 Å². The molecule has 1 aliphatic heterocycles. The van der Waals surface area contributed by atoms with E-state index in [9.17, 15) is 27.9 Å². The van der Waals surface area contributed by atoms with Crippen molar-refractivity contribution in [2.24, 2.45) is 5.92 Å². The summed E-state index contributed by atoms with van der Waals surface area (Å²) in [5.41, 5.74) is 7.39. The van der Waals surface area contributed by atoms with Crippen molar-refractivity contribution in [2.45, 2.75) is 63.0 Å². The molecule has 0 fully saturated rings. The van der Waals surface area contributed by atoms with Crippen molar-refractivity contribution in [1.29, 1.82) is 0 Å². The van der Waals surface area contributed by atoms with Gasteiger partial charge in [-0.15, -0.1) is 0 Å². The number of para-hydroxylation sites is 3. The van der Waals surface area contributed by atoms with E-state index in [1.807, 2.05) is 6.92 Å². The topological polar surface area (TPSA) is 171 Å². The Morgan fingerprint density at radius 2 is 1.61 bits per heavy atom. The van der Waals surface area contributed by atoms with Gasteiger partial charge in [0.1, 0.15) is 6.10 Å². The molecule has 0 spiro atoms. The van der Waals surface area contributed by atoms with Crippen molar-refractivity contribution in [3.63, 3.8) is 0 Å². The molecule has 14 heteroatoms. The van der Waals surface area contributed by atoms with Gasteiger partial charge in [-0.05, 0) is 68.3 Å². The number of nitrogen functional groups attached to an aromatic ring is 1. The molecule has 5 N–H and O–H groups in total. The second-order valence-corrected chi connectivity index (χ2v) is 14.8. The number of ether oxygens (including phenoxy) is 1. The Bertz CT molecular complexity index is 1740. The molecule has 0 bridgehead atoms. The number of amides is 3. The number of sulfonamides is 1. The molecule has 3 aromatic rings. The maximum atomic E-state index is 13.8. The zero-order valence-corrected chi connectivity index (χ0v) is 29.5. The summed E-state index contributed by atoms with van der Waals surface area (Å²) in [6.45, 7) is 3.44. The van der Waals surface area contributed by atoms with E-state index < -0.39 is 22.2 Å². The van der Waals surface area contributed by atoms with Crippen LogP contribution in [0, 0.1) is 5.92 Å². The Morgan fingerprint density at radius 1 is 1.00 bits per heavy atom. The molecule has 0 aliphatic carbocycles. The van der Waals surface area contributed by atoms with E-state index in [-0.39, 0.29) is 78.1 Å². The zero-order valence-electron chi connectivity index (χ0n) is 27.9. The monoisotopic (exact) mass is 713 g/mol. The number of aliphatic hydroxyl groups is 1. The first-order chi connectivity index (χ1) is 23.3. The summed E-state index contributed by atoms with van der Waals surface area (Å²) in [7, 11) is -2.46. The van der Waals surface area contributed by atoms with Gasteiger partial charge < -0.3 is 31.1 Å². The van der Waals surface area contributed by atoms with E-state index in [2.05, 4.69) is 10.6 Å². The fourth-order valence-electron chi connectivity index (χ4n) is 5.48. The van der Waals surface area contributed by atoms with E-state index in [1.54, 1.807) is 54.3 Å². The van der Waals surface area contributed by atoms with Crippen LogP contribution in [0.4, 0.5) is 17.1 Å². The second kappa shape index (κ2) is 17.0. The van der Waals surface area contributed by atoms with Gasteiger partial charge in [-0.25, -0.2) is 8.42 Å². The average Bonchev–Trinajstić information content (AvgIpc) is 3.07. The molecule has 1 aliphatic rings. The number of unbranched alkanes of at least 4 members (excludes halogenated alkanes) is 2. The maximum absolute atomic E-state index is 13.8. The molecule has 0 radical (unpaired) electrons. The quantitative estimate of drug-likeness (QED) is 0.134. The van der Waals surface area contributed by atoms with Crippen molar-refractivity contribution in [3.8, 4) is 5.75 Å². The van der Waals surface area contributed by atoms with Gasteiger partial charge in [0, 0.05) is 37.4 Å². The minimum Gasteiger partial charge on any atom is -0.486 e. The Morgan fingerprint density at radius 3 is 2.24 bits per heavy atom. The smallest absolute Gasteiger partial charge is 0.258 e. The first-order valence-electron chi connectivity index (χ1n) is 16.2. The number of rotatable bonds is 14. The van der Waals surface area contributed by atoms with Crippen molar-refractivity contribution < 1.29 is 32.6 Å². The standard InChI is InChI=1S/C35H44ClN5O7S/c1-23-20-41(24(2)22-42)35(45)27-10-9-13-30(34(27)48-31(23)21-40(3)49(46,47)26-18-16-25(36)17-19-26)39-33(44)15-6-4-5-14-32(43)38-29-12-8-7-11-28(29)37/h7-13,16-19,23-24,31,42H,4-6,14-15,20-22,37H2,1-3H3,(H,38,43)(H,39,44)/t23-,24-,31-/m1/s1. The van der Waals surface area contributed by atoms with Gasteiger partial charge in [0.15, 0.2) is 5.75 Å². The van der Waals surface area contributed by atoms with Crippen LogP contribution in [-0.4, -0.2) is 79.3 Å². The van der Waals surface area contributed by atoms with Crippen molar-refractivity contribution in [3.05, 3.63) is 77.3 Å². The van der Waals surface area contributed by atoms with Crippen LogP contribution in [0.25, 0.3) is 0 Å². The molecular formula is C35H44ClN5O7S. The third-order valence-corrected chi connectivity index (χ3v) is 10.6. The predicted octanol–water partition coefficient (Wildman–Crippen LogP) is 4.99. The molecule has 0 unspecified atom stereocenters. The van der Waals surface area contributed by atoms with Crippen molar-refractivity contribution in [2.75, 3.05) is 43.1 Å². The van der Waals surface area contributed by atoms with Gasteiger partial charge in [-0.3, -0.25) is 14.4 Å². The largest absolute Gasteiger partial charge is 0.486 e. The van der Waals surface area contributed by atoms with Gasteiger partial charge in [0.05, 0.1) is 46.7 Å². The molecule has 3 atom stereocenters. The second-order valence-electron chi connectivity index (χ2n) is 12.3. The zero-order chi connectivity index (χ0) is 35.7. The lowest BCUT2D eigenvalue weighted by molar-refractivity contribution is -0.116. The Labute approximate surface area is 292 Å². The highest BCUT2D eigenvalue weighted by atomic mass is 35.5. The minimum atomic E-state index is -3.92. The highest BCUT2D eigenvalue weighted by Crippen LogP contribution is 2.35. The third-order valence-electron chi connectivity index (χ3n) is 8.47. The van der Waals surface area contributed by atoms with E-state index in [0.717, 1.165) is 0 Å². The van der Waals surface area contributed by atoms with Crippen LogP contribution in [0.1, 0.15) is 56.3 Å². The molecule has 1 heterocycles. The van der Waals surface area contributed by atoms with Crippen LogP contribution in [0.2, 0.25) is 5.02 Å². The number of hydrogen-bond acceptors (Lipinski definition) is 8. The fourth-order valence-corrected chi connectivity index (χ4v) is 6.79. The van der Waals surface area contributed by atoms with E-state index in [0.29, 0.717) is 35.7 Å². The first kappa shape index (κ1) is 37.6. The molecule has 3 aromatic carbocycles. The number of nitrogens with zero attached hydrogens (tertiary/aromatic N) is 2. The van der Waals surface area contributed by atoms with Crippen LogP contribution >= 0.6 is 11.6 Å². The number of carbonyl (C=O) groups is 3. The van der Waals surface area contributed by atoms with Gasteiger partial charge in [0.25, 0.3) is 5.91 Å². The Hall–Kier alpha value is -4.17. The van der Waals surface area contributed by atoms with Gasteiger partial charge in [-0.1, -0.05) is 43.1 Å². The lowest BCUT2D eigenvalue weighted by atomic mass is 9.99. The lowest BCUT2D eigenvalue weighted by Crippen LogP contribution is -2.50. The number of likely N-dealkylation sites (N-methyl/N-ethyl adjacent to an activating group) is 1. The van der Waals surface area contributed by atoms with Crippen LogP contribution in [0.5, 0.6) is 5.75 Å². The molecule has 49 heavy (non-hydrogen) atoms. The summed E-state index contributed by atoms with van der Waals surface area (Å²) in [5.74, 6) is -1.08. The number of anilines is 3. The maximum Gasteiger partial charge on any atom is 0.258 e. The van der Waals surface area contributed by atoms with E-state index >= 15 is 0 Å². The molecule has 264 valence electrons. The summed E-state index contributed by atoms with van der Waals surface area (Å²) in [6, 6.07) is 17.2. The molecule has 0 aromatic heterocycles. The Balaban J connectivity index is 1.46. The molecule has 0 saturated carbocycles. The molecule has 12 nitrogen and oxygen atoms in total. The van der Waals surface area contributed by atoms with Crippen LogP contribution in [0.15, 0.2) is 71.6 Å².